The van der Waals surface area contributed by atoms with E-state index in [1.54, 1.807) is 0 Å². The SMILES string of the molecule is Cc1cc2c3c(c1)N(c1ccc(C(C)(C)C)cc1)c1c(sc4cc5c(cc14)-c1ccc(C(C)(C)C)cc1C51c4ccccc4-c4ccccc41)B3c1ccccc1N2c1ccc(C(C)C)cc1. The fourth-order valence-electron chi connectivity index (χ4n) is 12.3. The fraction of sp³-hybridized carbons (Fsp3) is 0.206. The molecular weight excluding hydrogens is 828 g/mol. The van der Waals surface area contributed by atoms with Gasteiger partial charge in [-0.1, -0.05) is 165 Å². The summed E-state index contributed by atoms with van der Waals surface area (Å²) in [5, 5.41) is 1.32. The molecule has 0 amide bonds. The van der Waals surface area contributed by atoms with Gasteiger partial charge in [0.05, 0.1) is 11.1 Å². The van der Waals surface area contributed by atoms with Gasteiger partial charge in [0.2, 0.25) is 0 Å². The van der Waals surface area contributed by atoms with Gasteiger partial charge in [0.25, 0.3) is 6.71 Å². The summed E-state index contributed by atoms with van der Waals surface area (Å²) in [7, 11) is 0. The van der Waals surface area contributed by atoms with Gasteiger partial charge in [-0.25, -0.2) is 0 Å². The molecule has 2 nitrogen and oxygen atoms in total. The van der Waals surface area contributed by atoms with Crippen molar-refractivity contribution in [3.05, 3.63) is 208 Å². The Hall–Kier alpha value is -6.62. The third kappa shape index (κ3) is 5.57. The van der Waals surface area contributed by atoms with Crippen molar-refractivity contribution in [1.29, 1.82) is 0 Å². The Bertz CT molecular complexity index is 3500. The molecule has 0 N–H and O–H groups in total. The quantitative estimate of drug-likeness (QED) is 0.163. The van der Waals surface area contributed by atoms with Crippen molar-refractivity contribution >= 4 is 78.0 Å². The molecule has 2 aliphatic carbocycles. The second kappa shape index (κ2) is 14.0. The van der Waals surface area contributed by atoms with Crippen molar-refractivity contribution in [2.24, 2.45) is 0 Å². The van der Waals surface area contributed by atoms with Crippen LogP contribution in [0, 0.1) is 6.92 Å². The van der Waals surface area contributed by atoms with Gasteiger partial charge in [0.1, 0.15) is 0 Å². The standard InChI is InChI=1S/C63H55BN2S/c1-37(2)39-22-27-42(28-23-39)65-54-21-15-14-20-53(54)64-58-55(65)32-38(3)33-56(58)66(43-29-24-40(25-30-43)61(4,5)6)59-48-35-47-46-31-26-41(62(7,8)9)34-51(46)63(52(47)36-57(48)67-60(59)64)49-18-12-10-16-44(49)45-17-11-13-19-50(45)63/h10-37H,1-9H3. The van der Waals surface area contributed by atoms with Crippen LogP contribution in [-0.4, -0.2) is 6.71 Å². The van der Waals surface area contributed by atoms with Crippen molar-refractivity contribution in [2.45, 2.75) is 84.5 Å². The van der Waals surface area contributed by atoms with Gasteiger partial charge in [-0.05, 0) is 156 Å². The van der Waals surface area contributed by atoms with Gasteiger partial charge < -0.3 is 9.80 Å². The number of para-hydroxylation sites is 1. The van der Waals surface area contributed by atoms with E-state index in [1.807, 2.05) is 11.3 Å². The van der Waals surface area contributed by atoms with Crippen LogP contribution in [0.2, 0.25) is 0 Å². The molecule has 0 bridgehead atoms. The van der Waals surface area contributed by atoms with Crippen LogP contribution >= 0.6 is 11.3 Å². The van der Waals surface area contributed by atoms with Crippen molar-refractivity contribution < 1.29 is 0 Å². The average molecular weight is 883 g/mol. The monoisotopic (exact) mass is 882 g/mol. The molecule has 1 aromatic heterocycles. The van der Waals surface area contributed by atoms with Crippen LogP contribution < -0.4 is 25.5 Å². The highest BCUT2D eigenvalue weighted by Crippen LogP contribution is 2.64. The highest BCUT2D eigenvalue weighted by molar-refractivity contribution is 7.33. The van der Waals surface area contributed by atoms with Gasteiger partial charge in [0, 0.05) is 43.3 Å². The molecule has 0 unspecified atom stereocenters. The summed E-state index contributed by atoms with van der Waals surface area (Å²) in [4.78, 5) is 5.18. The third-order valence-electron chi connectivity index (χ3n) is 15.6. The molecule has 0 saturated carbocycles. The Morgan fingerprint density at radius 1 is 0.507 bits per heavy atom. The first-order chi connectivity index (χ1) is 32.2. The van der Waals surface area contributed by atoms with E-state index >= 15 is 0 Å². The van der Waals surface area contributed by atoms with Gasteiger partial charge >= 0.3 is 0 Å². The molecule has 13 rings (SSSR count). The number of rotatable bonds is 3. The normalized spacial score (nSPS) is 14.8. The summed E-state index contributed by atoms with van der Waals surface area (Å²) in [6, 6.07) is 63.9. The average Bonchev–Trinajstić information content (AvgIpc) is 3.93. The molecule has 1 spiro atoms. The smallest absolute Gasteiger partial charge is 0.264 e. The minimum absolute atomic E-state index is 0.00112. The highest BCUT2D eigenvalue weighted by Gasteiger charge is 2.53. The molecule has 67 heavy (non-hydrogen) atoms. The maximum absolute atomic E-state index is 2.64. The van der Waals surface area contributed by atoms with Crippen molar-refractivity contribution in [3.63, 3.8) is 0 Å². The van der Waals surface area contributed by atoms with Crippen LogP contribution in [0.3, 0.4) is 0 Å². The lowest BCUT2D eigenvalue weighted by atomic mass is 9.36. The number of anilines is 6. The zero-order valence-corrected chi connectivity index (χ0v) is 40.9. The Morgan fingerprint density at radius 2 is 1.06 bits per heavy atom. The van der Waals surface area contributed by atoms with E-state index in [0.29, 0.717) is 5.92 Å². The van der Waals surface area contributed by atoms with E-state index < -0.39 is 5.41 Å². The number of nitrogens with zero attached hydrogens (tertiary/aromatic N) is 2. The summed E-state index contributed by atoms with van der Waals surface area (Å²) in [5.41, 5.74) is 26.1. The van der Waals surface area contributed by atoms with Crippen molar-refractivity contribution in [3.8, 4) is 22.3 Å². The second-order valence-electron chi connectivity index (χ2n) is 22.0. The van der Waals surface area contributed by atoms with Gasteiger partial charge in [-0.15, -0.1) is 11.3 Å². The molecule has 0 saturated heterocycles. The van der Waals surface area contributed by atoms with Crippen LogP contribution in [-0.2, 0) is 16.2 Å². The Kier molecular flexibility index (Phi) is 8.47. The minimum atomic E-state index is -0.434. The molecule has 4 heteroatoms. The van der Waals surface area contributed by atoms with Crippen LogP contribution in [0.5, 0.6) is 0 Å². The lowest BCUT2D eigenvalue weighted by Gasteiger charge is -2.43. The molecule has 9 aromatic rings. The molecule has 3 heterocycles. The van der Waals surface area contributed by atoms with Crippen LogP contribution in [0.15, 0.2) is 164 Å². The summed E-state index contributed by atoms with van der Waals surface area (Å²) in [5.74, 6) is 0.465. The molecule has 0 fully saturated rings. The molecule has 2 aliphatic heterocycles. The summed E-state index contributed by atoms with van der Waals surface area (Å²) in [6.45, 7) is 20.9. The number of hydrogen-bond donors (Lipinski definition) is 0. The van der Waals surface area contributed by atoms with E-state index in [9.17, 15) is 0 Å². The molecule has 4 aliphatic rings. The highest BCUT2D eigenvalue weighted by atomic mass is 32.1. The van der Waals surface area contributed by atoms with Crippen LogP contribution in [0.4, 0.5) is 34.1 Å². The largest absolute Gasteiger partial charge is 0.311 e. The Morgan fingerprint density at radius 3 is 1.72 bits per heavy atom. The molecular formula is C63H55BN2S. The van der Waals surface area contributed by atoms with E-state index in [-0.39, 0.29) is 17.5 Å². The summed E-state index contributed by atoms with van der Waals surface area (Å²) < 4.78 is 2.74. The summed E-state index contributed by atoms with van der Waals surface area (Å²) >= 11 is 2.01. The first-order valence-corrected chi connectivity index (χ1v) is 25.0. The minimum Gasteiger partial charge on any atom is -0.311 e. The lowest BCUT2D eigenvalue weighted by Crippen LogP contribution is -2.60. The molecule has 0 atom stereocenters. The number of aryl methyl sites for hydroxylation is 1. The lowest BCUT2D eigenvalue weighted by molar-refractivity contribution is 0.588. The Labute approximate surface area is 400 Å². The van der Waals surface area contributed by atoms with Crippen LogP contribution in [0.25, 0.3) is 32.3 Å². The van der Waals surface area contributed by atoms with E-state index in [0.717, 1.165) is 0 Å². The number of hydrogen-bond acceptors (Lipinski definition) is 3. The molecule has 8 aromatic carbocycles. The van der Waals surface area contributed by atoms with E-state index in [4.69, 9.17) is 0 Å². The predicted octanol–water partition coefficient (Wildman–Crippen LogP) is 15.4. The van der Waals surface area contributed by atoms with Crippen molar-refractivity contribution in [2.75, 3.05) is 9.80 Å². The van der Waals surface area contributed by atoms with Crippen LogP contribution in [0.1, 0.15) is 106 Å². The number of benzene rings is 8. The first-order valence-electron chi connectivity index (χ1n) is 24.2. The fourth-order valence-corrected chi connectivity index (χ4v) is 13.7. The number of thiophene rings is 1. The van der Waals surface area contributed by atoms with Gasteiger partial charge in [-0.2, -0.15) is 0 Å². The molecule has 326 valence electrons. The predicted molar refractivity (Wildman–Crippen MR) is 288 cm³/mol. The summed E-state index contributed by atoms with van der Waals surface area (Å²) in [6.07, 6.45) is 0. The maximum Gasteiger partial charge on any atom is 0.264 e. The van der Waals surface area contributed by atoms with E-state index in [2.05, 4.69) is 236 Å². The van der Waals surface area contributed by atoms with Crippen molar-refractivity contribution in [1.82, 2.24) is 0 Å². The topological polar surface area (TPSA) is 6.48 Å². The van der Waals surface area contributed by atoms with Gasteiger partial charge in [0.15, 0.2) is 0 Å². The number of fused-ring (bicyclic) bond motifs is 16. The zero-order chi connectivity index (χ0) is 45.9. The Balaban J connectivity index is 1.13. The third-order valence-corrected chi connectivity index (χ3v) is 16.8. The zero-order valence-electron chi connectivity index (χ0n) is 40.0. The van der Waals surface area contributed by atoms with Gasteiger partial charge in [-0.3, -0.25) is 0 Å². The molecule has 0 radical (unpaired) electrons. The maximum atomic E-state index is 2.64. The second-order valence-corrected chi connectivity index (χ2v) is 23.1. The van der Waals surface area contributed by atoms with E-state index in [1.165, 1.54) is 127 Å². The first kappa shape index (κ1) is 40.6.